The third-order valence-electron chi connectivity index (χ3n) is 5.77. The number of para-hydroxylation sites is 1. The first kappa shape index (κ1) is 21.4. The molecule has 2 aliphatic rings. The molecule has 164 valence electrons. The summed E-state index contributed by atoms with van der Waals surface area (Å²) in [6.45, 7) is 0.855. The predicted molar refractivity (Wildman–Crippen MR) is 110 cm³/mol. The number of nitrogens with two attached hydrogens (primary N) is 1. The van der Waals surface area contributed by atoms with Crippen LogP contribution < -0.4 is 10.6 Å². The molecule has 0 unspecified atom stereocenters. The van der Waals surface area contributed by atoms with Crippen molar-refractivity contribution in [2.45, 2.75) is 38.3 Å². The molecule has 0 bridgehead atoms. The van der Waals surface area contributed by atoms with Crippen LogP contribution in [0.5, 0.6) is 0 Å². The molecule has 0 saturated heterocycles. The molecule has 2 N–H and O–H groups in total. The Balaban J connectivity index is 1.46. The molecule has 4 rings (SSSR count). The summed E-state index contributed by atoms with van der Waals surface area (Å²) in [5.41, 5.74) is 7.62. The maximum absolute atomic E-state index is 13.9. The summed E-state index contributed by atoms with van der Waals surface area (Å²) < 4.78 is 40.4. The van der Waals surface area contributed by atoms with Gasteiger partial charge in [-0.1, -0.05) is 18.2 Å². The van der Waals surface area contributed by atoms with Gasteiger partial charge in [0.05, 0.1) is 0 Å². The lowest BCUT2D eigenvalue weighted by Crippen LogP contribution is -2.42. The van der Waals surface area contributed by atoms with E-state index < -0.39 is 23.5 Å². The molecule has 2 aromatic carbocycles. The van der Waals surface area contributed by atoms with Crippen molar-refractivity contribution in [2.24, 2.45) is 11.7 Å². The minimum Gasteiger partial charge on any atom is -0.329 e. The summed E-state index contributed by atoms with van der Waals surface area (Å²) in [7, 11) is 0. The third kappa shape index (κ3) is 4.90. The first-order valence-electron chi connectivity index (χ1n) is 10.4. The molecule has 0 radical (unpaired) electrons. The van der Waals surface area contributed by atoms with Crippen molar-refractivity contribution in [3.8, 4) is 0 Å². The van der Waals surface area contributed by atoms with Crippen LogP contribution in [0.15, 0.2) is 36.4 Å². The number of carbonyl (C=O) groups is 2. The van der Waals surface area contributed by atoms with Crippen molar-refractivity contribution < 1.29 is 22.8 Å². The van der Waals surface area contributed by atoms with Gasteiger partial charge in [0.2, 0.25) is 11.8 Å². The topological polar surface area (TPSA) is 66.6 Å². The molecule has 1 aliphatic carbocycles. The average Bonchev–Trinajstić information content (AvgIpc) is 3.55. The zero-order valence-corrected chi connectivity index (χ0v) is 17.0. The van der Waals surface area contributed by atoms with Crippen LogP contribution in [0.25, 0.3) is 0 Å². The zero-order chi connectivity index (χ0) is 22.1. The Labute approximate surface area is 178 Å². The Morgan fingerprint density at radius 1 is 1.06 bits per heavy atom. The lowest BCUT2D eigenvalue weighted by atomic mass is 10.0. The minimum atomic E-state index is -1.27. The number of carbonyl (C=O) groups excluding carboxylic acids is 2. The van der Waals surface area contributed by atoms with E-state index in [1.807, 2.05) is 24.3 Å². The highest BCUT2D eigenvalue weighted by atomic mass is 19.2. The first-order chi connectivity index (χ1) is 14.8. The maximum atomic E-state index is 13.9. The van der Waals surface area contributed by atoms with Crippen molar-refractivity contribution in [3.63, 3.8) is 0 Å². The van der Waals surface area contributed by atoms with Crippen molar-refractivity contribution >= 4 is 17.5 Å². The van der Waals surface area contributed by atoms with Crippen LogP contribution in [0.1, 0.15) is 30.4 Å². The van der Waals surface area contributed by atoms with E-state index in [1.54, 1.807) is 4.90 Å². The highest BCUT2D eigenvalue weighted by Crippen LogP contribution is 2.34. The molecular weight excluding hydrogens is 407 g/mol. The number of rotatable bonds is 6. The van der Waals surface area contributed by atoms with Gasteiger partial charge in [-0.2, -0.15) is 0 Å². The van der Waals surface area contributed by atoms with E-state index in [0.717, 1.165) is 30.2 Å². The average molecular weight is 431 g/mol. The summed E-state index contributed by atoms with van der Waals surface area (Å²) in [6.07, 6.45) is 1.94. The normalized spacial score (nSPS) is 17.4. The standard InChI is InChI=1S/C23H24F3N3O2/c24-18-10-20(26)19(25)8-16(18)7-17(27)9-22(30)28-12-15-3-1-2-4-21(15)29(23(31)13-28)11-14-5-6-14/h1-4,8,10,14,17H,5-7,9,11-13,27H2/t17-/m1/s1. The number of hydrogen-bond acceptors (Lipinski definition) is 3. The van der Waals surface area contributed by atoms with Gasteiger partial charge < -0.3 is 15.5 Å². The van der Waals surface area contributed by atoms with Crippen molar-refractivity contribution in [3.05, 3.63) is 65.0 Å². The molecule has 1 fully saturated rings. The lowest BCUT2D eigenvalue weighted by Gasteiger charge is -2.23. The van der Waals surface area contributed by atoms with E-state index in [0.29, 0.717) is 18.5 Å². The molecule has 1 aliphatic heterocycles. The molecule has 1 heterocycles. The largest absolute Gasteiger partial charge is 0.329 e. The fourth-order valence-electron chi connectivity index (χ4n) is 3.92. The second-order valence-electron chi connectivity index (χ2n) is 8.35. The smallest absolute Gasteiger partial charge is 0.246 e. The van der Waals surface area contributed by atoms with Crippen LogP contribution in [0.4, 0.5) is 18.9 Å². The second-order valence-corrected chi connectivity index (χ2v) is 8.35. The molecule has 1 saturated carbocycles. The van der Waals surface area contributed by atoms with Crippen LogP contribution >= 0.6 is 0 Å². The third-order valence-corrected chi connectivity index (χ3v) is 5.77. The van der Waals surface area contributed by atoms with E-state index in [9.17, 15) is 22.8 Å². The van der Waals surface area contributed by atoms with Crippen molar-refractivity contribution in [2.75, 3.05) is 18.0 Å². The molecule has 0 spiro atoms. The van der Waals surface area contributed by atoms with Crippen LogP contribution in [-0.2, 0) is 22.6 Å². The van der Waals surface area contributed by atoms with Crippen LogP contribution in [0, 0.1) is 23.4 Å². The molecule has 0 aromatic heterocycles. The minimum absolute atomic E-state index is 0.0630. The second kappa shape index (κ2) is 8.70. The summed E-state index contributed by atoms with van der Waals surface area (Å²) in [6, 6.07) is 7.95. The van der Waals surface area contributed by atoms with Crippen LogP contribution in [0.2, 0.25) is 0 Å². The highest BCUT2D eigenvalue weighted by Gasteiger charge is 2.33. The number of fused-ring (bicyclic) bond motifs is 1. The van der Waals surface area contributed by atoms with Gasteiger partial charge in [-0.05, 0) is 48.4 Å². The predicted octanol–water partition coefficient (Wildman–Crippen LogP) is 3.15. The number of nitrogens with zero attached hydrogens (tertiary/aromatic N) is 2. The molecule has 1 atom stereocenters. The summed E-state index contributed by atoms with van der Waals surface area (Å²) in [4.78, 5) is 29.0. The van der Waals surface area contributed by atoms with Gasteiger partial charge in [0.25, 0.3) is 0 Å². The number of halogens is 3. The van der Waals surface area contributed by atoms with Gasteiger partial charge in [0, 0.05) is 37.3 Å². The van der Waals surface area contributed by atoms with Gasteiger partial charge in [-0.3, -0.25) is 9.59 Å². The molecule has 31 heavy (non-hydrogen) atoms. The maximum Gasteiger partial charge on any atom is 0.246 e. The van der Waals surface area contributed by atoms with Gasteiger partial charge in [0.15, 0.2) is 11.6 Å². The van der Waals surface area contributed by atoms with E-state index in [4.69, 9.17) is 5.73 Å². The van der Waals surface area contributed by atoms with Crippen molar-refractivity contribution in [1.29, 1.82) is 0 Å². The monoisotopic (exact) mass is 431 g/mol. The van der Waals surface area contributed by atoms with E-state index >= 15 is 0 Å². The fourth-order valence-corrected chi connectivity index (χ4v) is 3.92. The van der Waals surface area contributed by atoms with Gasteiger partial charge in [-0.25, -0.2) is 13.2 Å². The molecule has 5 nitrogen and oxygen atoms in total. The fraction of sp³-hybridized carbons (Fsp3) is 0.391. The Morgan fingerprint density at radius 3 is 2.52 bits per heavy atom. The molecular formula is C23H24F3N3O2. The summed E-state index contributed by atoms with van der Waals surface area (Å²) in [5, 5.41) is 0. The SMILES string of the molecule is N[C@@H](CC(=O)N1CC(=O)N(CC2CC2)c2ccccc2C1)Cc1cc(F)c(F)cc1F. The number of benzene rings is 2. The summed E-state index contributed by atoms with van der Waals surface area (Å²) >= 11 is 0. The molecule has 2 aromatic rings. The number of anilines is 1. The van der Waals surface area contributed by atoms with Gasteiger partial charge >= 0.3 is 0 Å². The quantitative estimate of drug-likeness (QED) is 0.715. The Bertz CT molecular complexity index is 1010. The number of amides is 2. The van der Waals surface area contributed by atoms with Crippen LogP contribution in [0.3, 0.4) is 0 Å². The van der Waals surface area contributed by atoms with Gasteiger partial charge in [-0.15, -0.1) is 0 Å². The van der Waals surface area contributed by atoms with Crippen molar-refractivity contribution in [1.82, 2.24) is 4.90 Å². The lowest BCUT2D eigenvalue weighted by molar-refractivity contribution is -0.135. The van der Waals surface area contributed by atoms with E-state index in [-0.39, 0.29) is 43.3 Å². The first-order valence-corrected chi connectivity index (χ1v) is 10.4. The summed E-state index contributed by atoms with van der Waals surface area (Å²) in [5.74, 6) is -3.34. The van der Waals surface area contributed by atoms with Crippen LogP contribution in [-0.4, -0.2) is 35.8 Å². The number of hydrogen-bond donors (Lipinski definition) is 1. The Hall–Kier alpha value is -2.87. The zero-order valence-electron chi connectivity index (χ0n) is 17.0. The Morgan fingerprint density at radius 2 is 1.77 bits per heavy atom. The Kier molecular flexibility index (Phi) is 6.00. The van der Waals surface area contributed by atoms with Gasteiger partial charge in [0.1, 0.15) is 12.4 Å². The molecule has 8 heteroatoms. The van der Waals surface area contributed by atoms with E-state index in [1.165, 1.54) is 4.90 Å². The highest BCUT2D eigenvalue weighted by molar-refractivity contribution is 5.98. The molecule has 2 amide bonds. The van der Waals surface area contributed by atoms with E-state index in [2.05, 4.69) is 0 Å².